The molecule has 1 aliphatic rings. The number of likely N-dealkylation sites (N-methyl/N-ethyl adjacent to an activating group) is 1. The average molecular weight is 211 g/mol. The van der Waals surface area contributed by atoms with Gasteiger partial charge in [-0.25, -0.2) is 4.98 Å². The van der Waals surface area contributed by atoms with Crippen molar-refractivity contribution in [1.29, 1.82) is 0 Å². The second-order valence-electron chi connectivity index (χ2n) is 3.77. The molecule has 0 saturated carbocycles. The minimum absolute atomic E-state index is 1.05. The largest absolute Gasteiger partial charge is 0.346 e. The number of anilines is 1. The number of thiazole rings is 1. The van der Waals surface area contributed by atoms with Gasteiger partial charge in [0, 0.05) is 31.6 Å². The van der Waals surface area contributed by atoms with Gasteiger partial charge in [0.05, 0.1) is 5.69 Å². The number of hydrogen-bond donors (Lipinski definition) is 0. The molecule has 0 N–H and O–H groups in total. The van der Waals surface area contributed by atoms with Gasteiger partial charge in [-0.2, -0.15) is 0 Å². The molecule has 2 rings (SSSR count). The lowest BCUT2D eigenvalue weighted by molar-refractivity contribution is 0.312. The second-order valence-corrected chi connectivity index (χ2v) is 4.60. The highest BCUT2D eigenvalue weighted by atomic mass is 32.1. The number of nitrogens with zero attached hydrogens (tertiary/aromatic N) is 3. The molecule has 0 aromatic carbocycles. The van der Waals surface area contributed by atoms with Gasteiger partial charge in [0.25, 0.3) is 0 Å². The maximum Gasteiger partial charge on any atom is 0.185 e. The van der Waals surface area contributed by atoms with Crippen molar-refractivity contribution in [2.24, 2.45) is 0 Å². The van der Waals surface area contributed by atoms with Gasteiger partial charge in [-0.3, -0.25) is 0 Å². The fourth-order valence-electron chi connectivity index (χ4n) is 1.60. The van der Waals surface area contributed by atoms with E-state index in [4.69, 9.17) is 0 Å². The molecule has 0 atom stereocenters. The molecule has 0 aliphatic carbocycles. The third-order valence-electron chi connectivity index (χ3n) is 2.68. The Bertz CT molecular complexity index is 289. The van der Waals surface area contributed by atoms with Crippen LogP contribution in [0.2, 0.25) is 0 Å². The van der Waals surface area contributed by atoms with Crippen LogP contribution in [0.5, 0.6) is 0 Å². The molecule has 2 heterocycles. The van der Waals surface area contributed by atoms with Crippen molar-refractivity contribution in [2.45, 2.75) is 13.3 Å². The van der Waals surface area contributed by atoms with Crippen molar-refractivity contribution in [3.63, 3.8) is 0 Å². The predicted octanol–water partition coefficient (Wildman–Crippen LogP) is 1.46. The summed E-state index contributed by atoms with van der Waals surface area (Å²) >= 11 is 1.78. The Morgan fingerprint density at radius 1 is 1.36 bits per heavy atom. The Hall–Kier alpha value is -0.610. The lowest BCUT2D eigenvalue weighted by atomic mass is 10.3. The molecule has 3 nitrogen and oxygen atoms in total. The van der Waals surface area contributed by atoms with Crippen molar-refractivity contribution in [2.75, 3.05) is 38.1 Å². The Morgan fingerprint density at radius 3 is 2.64 bits per heavy atom. The van der Waals surface area contributed by atoms with Crippen molar-refractivity contribution in [3.05, 3.63) is 11.1 Å². The zero-order valence-corrected chi connectivity index (χ0v) is 9.68. The number of aromatic nitrogens is 1. The molecule has 1 aliphatic heterocycles. The van der Waals surface area contributed by atoms with Gasteiger partial charge in [0.1, 0.15) is 0 Å². The van der Waals surface area contributed by atoms with Gasteiger partial charge in [-0.1, -0.05) is 6.92 Å². The first-order valence-electron chi connectivity index (χ1n) is 5.17. The van der Waals surface area contributed by atoms with Gasteiger partial charge in [0.2, 0.25) is 0 Å². The molecule has 1 fully saturated rings. The highest BCUT2D eigenvalue weighted by Gasteiger charge is 2.16. The zero-order valence-electron chi connectivity index (χ0n) is 8.86. The van der Waals surface area contributed by atoms with E-state index in [2.05, 4.69) is 34.1 Å². The molecule has 0 amide bonds. The molecule has 1 saturated heterocycles. The van der Waals surface area contributed by atoms with E-state index in [0.29, 0.717) is 0 Å². The normalized spacial score (nSPS) is 18.9. The minimum Gasteiger partial charge on any atom is -0.346 e. The Kier molecular flexibility index (Phi) is 3.03. The first-order chi connectivity index (χ1) is 6.79. The number of aryl methyl sites for hydroxylation is 1. The second kappa shape index (κ2) is 4.28. The lowest BCUT2D eigenvalue weighted by Gasteiger charge is -2.32. The Morgan fingerprint density at radius 2 is 2.07 bits per heavy atom. The molecule has 1 aromatic rings. The van der Waals surface area contributed by atoms with E-state index in [1.807, 2.05) is 0 Å². The summed E-state index contributed by atoms with van der Waals surface area (Å²) in [5, 5.41) is 3.38. The lowest BCUT2D eigenvalue weighted by Crippen LogP contribution is -2.44. The fourth-order valence-corrected chi connectivity index (χ4v) is 2.56. The predicted molar refractivity (Wildman–Crippen MR) is 61.2 cm³/mol. The van der Waals surface area contributed by atoms with E-state index in [1.54, 1.807) is 11.3 Å². The number of piperazine rings is 1. The van der Waals surface area contributed by atoms with Crippen LogP contribution in [-0.2, 0) is 6.42 Å². The molecule has 14 heavy (non-hydrogen) atoms. The van der Waals surface area contributed by atoms with Crippen molar-refractivity contribution < 1.29 is 0 Å². The highest BCUT2D eigenvalue weighted by Crippen LogP contribution is 2.21. The molecule has 0 bridgehead atoms. The zero-order chi connectivity index (χ0) is 9.97. The Labute approximate surface area is 89.4 Å². The molecule has 1 aromatic heterocycles. The van der Waals surface area contributed by atoms with E-state index in [9.17, 15) is 0 Å². The minimum atomic E-state index is 1.05. The summed E-state index contributed by atoms with van der Waals surface area (Å²) in [6.45, 7) is 6.70. The fraction of sp³-hybridized carbons (Fsp3) is 0.700. The molecular weight excluding hydrogens is 194 g/mol. The number of hydrogen-bond acceptors (Lipinski definition) is 4. The highest BCUT2D eigenvalue weighted by molar-refractivity contribution is 7.13. The van der Waals surface area contributed by atoms with Gasteiger partial charge in [-0.15, -0.1) is 11.3 Å². The monoisotopic (exact) mass is 211 g/mol. The van der Waals surface area contributed by atoms with Crippen LogP contribution in [0.4, 0.5) is 5.13 Å². The third-order valence-corrected chi connectivity index (χ3v) is 3.63. The maximum absolute atomic E-state index is 4.60. The smallest absolute Gasteiger partial charge is 0.185 e. The number of rotatable bonds is 2. The summed E-state index contributed by atoms with van der Waals surface area (Å²) in [4.78, 5) is 9.36. The molecular formula is C10H17N3S. The summed E-state index contributed by atoms with van der Waals surface area (Å²) in [5.74, 6) is 0. The SMILES string of the molecule is CCc1csc(N2CCN(C)CC2)n1. The summed E-state index contributed by atoms with van der Waals surface area (Å²) in [6, 6.07) is 0. The van der Waals surface area contributed by atoms with E-state index < -0.39 is 0 Å². The van der Waals surface area contributed by atoms with Gasteiger partial charge >= 0.3 is 0 Å². The summed E-state index contributed by atoms with van der Waals surface area (Å²) in [5.41, 5.74) is 1.23. The summed E-state index contributed by atoms with van der Waals surface area (Å²) < 4.78 is 0. The maximum atomic E-state index is 4.60. The molecule has 0 radical (unpaired) electrons. The van der Waals surface area contributed by atoms with Gasteiger partial charge < -0.3 is 9.80 Å². The first-order valence-corrected chi connectivity index (χ1v) is 6.05. The van der Waals surface area contributed by atoms with Gasteiger partial charge in [-0.05, 0) is 13.5 Å². The first kappa shape index (κ1) is 9.93. The van der Waals surface area contributed by atoms with Crippen LogP contribution in [0, 0.1) is 0 Å². The van der Waals surface area contributed by atoms with Crippen LogP contribution >= 0.6 is 11.3 Å². The third kappa shape index (κ3) is 2.07. The van der Waals surface area contributed by atoms with E-state index >= 15 is 0 Å². The Balaban J connectivity index is 2.01. The molecule has 0 spiro atoms. The van der Waals surface area contributed by atoms with Crippen LogP contribution in [-0.4, -0.2) is 43.1 Å². The summed E-state index contributed by atoms with van der Waals surface area (Å²) in [7, 11) is 2.18. The van der Waals surface area contributed by atoms with E-state index in [1.165, 1.54) is 10.8 Å². The van der Waals surface area contributed by atoms with Crippen LogP contribution in [0.25, 0.3) is 0 Å². The summed E-state index contributed by atoms with van der Waals surface area (Å²) in [6.07, 6.45) is 1.05. The average Bonchev–Trinajstić information content (AvgIpc) is 2.67. The van der Waals surface area contributed by atoms with E-state index in [0.717, 1.165) is 32.6 Å². The topological polar surface area (TPSA) is 19.4 Å². The van der Waals surface area contributed by atoms with Crippen LogP contribution in [0.1, 0.15) is 12.6 Å². The molecule has 4 heteroatoms. The quantitative estimate of drug-likeness (QED) is 0.738. The van der Waals surface area contributed by atoms with Crippen LogP contribution in [0.3, 0.4) is 0 Å². The van der Waals surface area contributed by atoms with Crippen molar-refractivity contribution in [1.82, 2.24) is 9.88 Å². The molecule has 78 valence electrons. The van der Waals surface area contributed by atoms with Crippen LogP contribution in [0.15, 0.2) is 5.38 Å². The van der Waals surface area contributed by atoms with E-state index in [-0.39, 0.29) is 0 Å². The van der Waals surface area contributed by atoms with Crippen molar-refractivity contribution in [3.8, 4) is 0 Å². The standard InChI is InChI=1S/C10H17N3S/c1-3-9-8-14-10(11-9)13-6-4-12(2)5-7-13/h8H,3-7H2,1-2H3. The van der Waals surface area contributed by atoms with Gasteiger partial charge in [0.15, 0.2) is 5.13 Å². The molecule has 0 unspecified atom stereocenters. The van der Waals surface area contributed by atoms with Crippen LogP contribution < -0.4 is 4.90 Å². The van der Waals surface area contributed by atoms with Crippen molar-refractivity contribution >= 4 is 16.5 Å².